The van der Waals surface area contributed by atoms with Gasteiger partial charge in [-0.25, -0.2) is 9.97 Å². The lowest BCUT2D eigenvalue weighted by molar-refractivity contribution is 0.483. The minimum atomic E-state index is 0.629. The number of hydrogen-bond donors (Lipinski definition) is 0. The molecule has 0 saturated heterocycles. The molecule has 0 atom stereocenters. The van der Waals surface area contributed by atoms with Crippen molar-refractivity contribution in [3.05, 3.63) is 248 Å². The highest BCUT2D eigenvalue weighted by atomic mass is 16.5. The third-order valence-corrected chi connectivity index (χ3v) is 14.9. The smallest absolute Gasteiger partial charge is 0.137 e. The molecule has 8 nitrogen and oxygen atoms in total. The molecule has 0 saturated carbocycles. The Kier molecular flexibility index (Phi) is 9.37. The fourth-order valence-electron chi connectivity index (χ4n) is 11.7. The zero-order valence-corrected chi connectivity index (χ0v) is 40.3. The Labute approximate surface area is 426 Å². The summed E-state index contributed by atoms with van der Waals surface area (Å²) < 4.78 is 14.0. The zero-order valence-electron chi connectivity index (χ0n) is 40.3. The number of aryl methyl sites for hydroxylation is 1. The van der Waals surface area contributed by atoms with Gasteiger partial charge < -0.3 is 23.7 Å². The number of aromatic nitrogens is 5. The SMILES string of the molecule is Cc1cc(-n2c3ccccc3c3ccc(Oc4cccc(N5CN(c6ccccn6)c6ccccc65)c4)cc32)ncc1-c1c(-n2c3ccccc3c3ccccc32)cccc1-n1c2ccccc2c2ccccc21. The summed E-state index contributed by atoms with van der Waals surface area (Å²) in [6.45, 7) is 2.85. The number of anilines is 4. The maximum atomic E-state index is 6.80. The van der Waals surface area contributed by atoms with Crippen molar-refractivity contribution < 1.29 is 4.74 Å². The number of hydrogen-bond acceptors (Lipinski definition) is 5. The van der Waals surface area contributed by atoms with Gasteiger partial charge in [0, 0.05) is 73.7 Å². The Balaban J connectivity index is 0.872. The van der Waals surface area contributed by atoms with Gasteiger partial charge in [0.05, 0.1) is 55.8 Å². The van der Waals surface area contributed by atoms with Crippen LogP contribution in [-0.2, 0) is 0 Å². The fraction of sp³-hybridized carbons (Fsp3) is 0.0303. The van der Waals surface area contributed by atoms with Crippen molar-refractivity contribution in [3.8, 4) is 39.8 Å². The largest absolute Gasteiger partial charge is 0.457 e. The molecule has 0 aliphatic carbocycles. The van der Waals surface area contributed by atoms with Gasteiger partial charge in [-0.1, -0.05) is 121 Å². The number of para-hydroxylation sites is 7. The number of fused-ring (bicyclic) bond motifs is 10. The molecule has 9 aromatic carbocycles. The van der Waals surface area contributed by atoms with Crippen LogP contribution in [-0.4, -0.2) is 30.3 Å². The van der Waals surface area contributed by atoms with Gasteiger partial charge in [-0.2, -0.15) is 0 Å². The lowest BCUT2D eigenvalue weighted by Crippen LogP contribution is -2.24. The molecule has 15 rings (SSSR count). The first-order chi connectivity index (χ1) is 36.6. The van der Waals surface area contributed by atoms with E-state index in [0.29, 0.717) is 6.67 Å². The second kappa shape index (κ2) is 16.6. The summed E-state index contributed by atoms with van der Waals surface area (Å²) in [5, 5.41) is 7.14. The highest BCUT2D eigenvalue weighted by Crippen LogP contribution is 2.46. The summed E-state index contributed by atoms with van der Waals surface area (Å²) in [5.41, 5.74) is 15.4. The van der Waals surface area contributed by atoms with Gasteiger partial charge in [0.2, 0.25) is 0 Å². The summed E-state index contributed by atoms with van der Waals surface area (Å²) >= 11 is 0. The molecular weight excluding hydrogens is 907 g/mol. The third kappa shape index (κ3) is 6.41. The number of pyridine rings is 2. The summed E-state index contributed by atoms with van der Waals surface area (Å²) in [6, 6.07) is 81.8. The summed E-state index contributed by atoms with van der Waals surface area (Å²) in [7, 11) is 0. The van der Waals surface area contributed by atoms with E-state index in [1.165, 1.54) is 21.5 Å². The average molecular weight is 952 g/mol. The standard InChI is InChI=1S/C66H45N7O/c1-43-38-65(73-58-29-11-6-24-51(58)52-36-35-46(40-63(52)73)74-45-19-16-18-44(39-45)69-42-70(64-34-14-15-37-67-64)60-31-13-12-30-59(60)69)68-41-53(43)66-61(71-54-25-7-2-20-47(54)48-21-3-8-26-55(48)71)32-17-33-62(66)72-56-27-9-4-22-49(56)50-23-5-10-28-57(50)72/h2-41H,42H2,1H3. The molecule has 0 unspecified atom stereocenters. The van der Waals surface area contributed by atoms with Crippen molar-refractivity contribution in [2.24, 2.45) is 0 Å². The second-order valence-corrected chi connectivity index (χ2v) is 19.1. The molecule has 0 spiro atoms. The van der Waals surface area contributed by atoms with Crippen molar-refractivity contribution in [2.45, 2.75) is 6.92 Å². The molecule has 5 aromatic heterocycles. The molecule has 1 aliphatic heterocycles. The summed E-state index contributed by atoms with van der Waals surface area (Å²) in [4.78, 5) is 14.7. The average Bonchev–Trinajstić information content (AvgIpc) is 4.21. The molecule has 0 bridgehead atoms. The van der Waals surface area contributed by atoms with Gasteiger partial charge in [0.1, 0.15) is 29.8 Å². The van der Waals surface area contributed by atoms with Crippen LogP contribution in [0.15, 0.2) is 243 Å². The van der Waals surface area contributed by atoms with Crippen LogP contribution in [0.3, 0.4) is 0 Å². The highest BCUT2D eigenvalue weighted by molar-refractivity contribution is 6.13. The van der Waals surface area contributed by atoms with Gasteiger partial charge in [0.25, 0.3) is 0 Å². The number of benzene rings is 9. The lowest BCUT2D eigenvalue weighted by atomic mass is 9.98. The zero-order chi connectivity index (χ0) is 48.9. The second-order valence-electron chi connectivity index (χ2n) is 19.1. The summed E-state index contributed by atoms with van der Waals surface area (Å²) in [6.07, 6.45) is 3.93. The van der Waals surface area contributed by atoms with Crippen LogP contribution >= 0.6 is 0 Å². The third-order valence-electron chi connectivity index (χ3n) is 14.9. The minimum Gasteiger partial charge on any atom is -0.457 e. The van der Waals surface area contributed by atoms with Crippen molar-refractivity contribution in [1.82, 2.24) is 23.7 Å². The van der Waals surface area contributed by atoms with Crippen LogP contribution in [0.25, 0.3) is 93.7 Å². The van der Waals surface area contributed by atoms with E-state index in [2.05, 4.69) is 254 Å². The Morgan fingerprint density at radius 1 is 0.365 bits per heavy atom. The van der Waals surface area contributed by atoms with E-state index >= 15 is 0 Å². The molecule has 0 fully saturated rings. The fourth-order valence-corrected chi connectivity index (χ4v) is 11.7. The van der Waals surface area contributed by atoms with Crippen LogP contribution in [0.1, 0.15) is 5.56 Å². The molecule has 350 valence electrons. The molecule has 0 radical (unpaired) electrons. The van der Waals surface area contributed by atoms with E-state index in [1.807, 2.05) is 24.4 Å². The van der Waals surface area contributed by atoms with E-state index in [9.17, 15) is 0 Å². The van der Waals surface area contributed by atoms with Crippen LogP contribution in [0.2, 0.25) is 0 Å². The molecule has 0 amide bonds. The molecule has 0 N–H and O–H groups in total. The van der Waals surface area contributed by atoms with Crippen LogP contribution in [0.5, 0.6) is 11.5 Å². The van der Waals surface area contributed by atoms with E-state index in [-0.39, 0.29) is 0 Å². The minimum absolute atomic E-state index is 0.629. The number of nitrogens with zero attached hydrogens (tertiary/aromatic N) is 7. The van der Waals surface area contributed by atoms with Gasteiger partial charge in [-0.15, -0.1) is 0 Å². The van der Waals surface area contributed by atoms with Gasteiger partial charge in [0.15, 0.2) is 0 Å². The first kappa shape index (κ1) is 41.8. The first-order valence-electron chi connectivity index (χ1n) is 25.1. The quantitative estimate of drug-likeness (QED) is 0.152. The summed E-state index contributed by atoms with van der Waals surface area (Å²) in [5.74, 6) is 3.22. The van der Waals surface area contributed by atoms with Crippen LogP contribution < -0.4 is 14.5 Å². The van der Waals surface area contributed by atoms with Crippen molar-refractivity contribution in [1.29, 1.82) is 0 Å². The maximum Gasteiger partial charge on any atom is 0.137 e. The van der Waals surface area contributed by atoms with Gasteiger partial charge >= 0.3 is 0 Å². The van der Waals surface area contributed by atoms with E-state index in [4.69, 9.17) is 9.72 Å². The van der Waals surface area contributed by atoms with Crippen molar-refractivity contribution >= 4 is 88.3 Å². The molecule has 6 heterocycles. The Morgan fingerprint density at radius 2 is 0.851 bits per heavy atom. The molecule has 1 aliphatic rings. The normalized spacial score (nSPS) is 12.6. The van der Waals surface area contributed by atoms with Crippen molar-refractivity contribution in [2.75, 3.05) is 16.5 Å². The van der Waals surface area contributed by atoms with E-state index in [0.717, 1.165) is 112 Å². The lowest BCUT2D eigenvalue weighted by Gasteiger charge is -2.22. The highest BCUT2D eigenvalue weighted by Gasteiger charge is 2.29. The first-order valence-corrected chi connectivity index (χ1v) is 25.1. The predicted octanol–water partition coefficient (Wildman–Crippen LogP) is 16.8. The monoisotopic (exact) mass is 951 g/mol. The number of rotatable bonds is 8. The topological polar surface area (TPSA) is 56.3 Å². The molecule has 74 heavy (non-hydrogen) atoms. The predicted molar refractivity (Wildman–Crippen MR) is 304 cm³/mol. The Bertz CT molecular complexity index is 4310. The van der Waals surface area contributed by atoms with Gasteiger partial charge in [-0.3, -0.25) is 4.57 Å². The molecular formula is C66H45N7O. The van der Waals surface area contributed by atoms with E-state index in [1.54, 1.807) is 0 Å². The van der Waals surface area contributed by atoms with Crippen LogP contribution in [0, 0.1) is 6.92 Å². The van der Waals surface area contributed by atoms with Gasteiger partial charge in [-0.05, 0) is 110 Å². The maximum absolute atomic E-state index is 6.80. The Hall–Kier alpha value is -9.92. The molecule has 8 heteroatoms. The van der Waals surface area contributed by atoms with Crippen molar-refractivity contribution in [3.63, 3.8) is 0 Å². The Morgan fingerprint density at radius 3 is 1.42 bits per heavy atom. The van der Waals surface area contributed by atoms with E-state index < -0.39 is 0 Å². The van der Waals surface area contributed by atoms with Crippen LogP contribution in [0.4, 0.5) is 22.9 Å². The molecule has 14 aromatic rings. The number of ether oxygens (including phenoxy) is 1.